The number of benzene rings is 1. The fraction of sp³-hybridized carbons (Fsp3) is 0.222. The molecular formula is C9H9NO. The molecule has 11 heavy (non-hydrogen) atoms. The first-order chi connectivity index (χ1) is 5.40. The summed E-state index contributed by atoms with van der Waals surface area (Å²) in [6.07, 6.45) is 2.73. The highest BCUT2D eigenvalue weighted by molar-refractivity contribution is 5.77. The van der Waals surface area contributed by atoms with Gasteiger partial charge in [0, 0.05) is 5.39 Å². The van der Waals surface area contributed by atoms with Gasteiger partial charge in [-0.1, -0.05) is 18.1 Å². The Bertz CT molecular complexity index is 364. The van der Waals surface area contributed by atoms with Crippen molar-refractivity contribution >= 4 is 10.9 Å². The van der Waals surface area contributed by atoms with Crippen molar-refractivity contribution in [2.75, 3.05) is 0 Å². The van der Waals surface area contributed by atoms with Gasteiger partial charge in [0.25, 0.3) is 0 Å². The molecule has 0 spiro atoms. The average molecular weight is 147 g/mol. The molecule has 0 aliphatic carbocycles. The molecule has 2 heteroatoms. The van der Waals surface area contributed by atoms with Crippen LogP contribution in [-0.4, -0.2) is 5.16 Å². The molecule has 1 aromatic carbocycles. The molecule has 56 valence electrons. The fourth-order valence-electron chi connectivity index (χ4n) is 1.14. The minimum absolute atomic E-state index is 0.933. The standard InChI is InChI=1S/C9H9NO/c1-2-7-3-4-9-8(5-7)6-11-10-9/h3-6H,2H2,1H3. The maximum Gasteiger partial charge on any atom is 0.131 e. The summed E-state index contributed by atoms with van der Waals surface area (Å²) in [5, 5.41) is 4.91. The van der Waals surface area contributed by atoms with E-state index in [2.05, 4.69) is 24.2 Å². The molecular weight excluding hydrogens is 138 g/mol. The van der Waals surface area contributed by atoms with E-state index in [-0.39, 0.29) is 0 Å². The predicted octanol–water partition coefficient (Wildman–Crippen LogP) is 2.39. The van der Waals surface area contributed by atoms with Crippen LogP contribution in [0.4, 0.5) is 0 Å². The van der Waals surface area contributed by atoms with Gasteiger partial charge in [0.2, 0.25) is 0 Å². The van der Waals surface area contributed by atoms with Crippen LogP contribution >= 0.6 is 0 Å². The second-order valence-corrected chi connectivity index (χ2v) is 2.56. The van der Waals surface area contributed by atoms with E-state index < -0.39 is 0 Å². The zero-order valence-corrected chi connectivity index (χ0v) is 6.37. The number of hydrogen-bond donors (Lipinski definition) is 0. The number of aromatic nitrogens is 1. The quantitative estimate of drug-likeness (QED) is 0.619. The molecule has 0 bridgehead atoms. The molecule has 0 radical (unpaired) electrons. The molecule has 0 aliphatic rings. The molecule has 2 rings (SSSR count). The van der Waals surface area contributed by atoms with Crippen LogP contribution in [0.5, 0.6) is 0 Å². The van der Waals surface area contributed by atoms with Crippen LogP contribution in [0.3, 0.4) is 0 Å². The van der Waals surface area contributed by atoms with Crippen LogP contribution in [0.1, 0.15) is 12.5 Å². The highest BCUT2D eigenvalue weighted by Crippen LogP contribution is 2.14. The molecule has 0 amide bonds. The van der Waals surface area contributed by atoms with Crippen molar-refractivity contribution < 1.29 is 4.52 Å². The van der Waals surface area contributed by atoms with Gasteiger partial charge in [-0.05, 0) is 24.1 Å². The first kappa shape index (κ1) is 6.40. The zero-order chi connectivity index (χ0) is 7.68. The van der Waals surface area contributed by atoms with E-state index in [1.807, 2.05) is 6.07 Å². The van der Waals surface area contributed by atoms with Crippen molar-refractivity contribution in [2.24, 2.45) is 0 Å². The van der Waals surface area contributed by atoms with Gasteiger partial charge in [-0.2, -0.15) is 0 Å². The van der Waals surface area contributed by atoms with Gasteiger partial charge in [-0.25, -0.2) is 0 Å². The van der Waals surface area contributed by atoms with Crippen molar-refractivity contribution in [1.29, 1.82) is 0 Å². The minimum atomic E-state index is 0.933. The second kappa shape index (κ2) is 2.38. The van der Waals surface area contributed by atoms with Gasteiger partial charge in [0.15, 0.2) is 0 Å². The summed E-state index contributed by atoms with van der Waals surface area (Å²) in [5.74, 6) is 0. The third kappa shape index (κ3) is 1.00. The number of aryl methyl sites for hydroxylation is 1. The van der Waals surface area contributed by atoms with Crippen LogP contribution in [-0.2, 0) is 6.42 Å². The van der Waals surface area contributed by atoms with Crippen LogP contribution in [0.25, 0.3) is 10.9 Å². The summed E-state index contributed by atoms with van der Waals surface area (Å²) < 4.78 is 4.81. The summed E-state index contributed by atoms with van der Waals surface area (Å²) in [7, 11) is 0. The lowest BCUT2D eigenvalue weighted by Gasteiger charge is -1.92. The van der Waals surface area contributed by atoms with Crippen molar-refractivity contribution in [2.45, 2.75) is 13.3 Å². The van der Waals surface area contributed by atoms with Crippen molar-refractivity contribution in [3.05, 3.63) is 30.0 Å². The average Bonchev–Trinajstić information content (AvgIpc) is 2.50. The molecule has 0 fully saturated rings. The van der Waals surface area contributed by atoms with Crippen molar-refractivity contribution in [3.8, 4) is 0 Å². The van der Waals surface area contributed by atoms with E-state index >= 15 is 0 Å². The van der Waals surface area contributed by atoms with Crippen molar-refractivity contribution in [3.63, 3.8) is 0 Å². The van der Waals surface area contributed by atoms with Crippen LogP contribution < -0.4 is 0 Å². The van der Waals surface area contributed by atoms with Gasteiger partial charge in [0.1, 0.15) is 11.8 Å². The Labute approximate surface area is 64.8 Å². The fourth-order valence-corrected chi connectivity index (χ4v) is 1.14. The lowest BCUT2D eigenvalue weighted by atomic mass is 10.1. The number of hydrogen-bond acceptors (Lipinski definition) is 2. The molecule has 0 unspecified atom stereocenters. The summed E-state index contributed by atoms with van der Waals surface area (Å²) in [6.45, 7) is 2.13. The Kier molecular flexibility index (Phi) is 1.39. The van der Waals surface area contributed by atoms with E-state index in [0.717, 1.165) is 17.3 Å². The molecule has 0 atom stereocenters. The third-order valence-corrected chi connectivity index (χ3v) is 1.83. The van der Waals surface area contributed by atoms with Gasteiger partial charge in [-0.15, -0.1) is 0 Å². The smallest absolute Gasteiger partial charge is 0.131 e. The third-order valence-electron chi connectivity index (χ3n) is 1.83. The Morgan fingerprint density at radius 3 is 3.18 bits per heavy atom. The maximum atomic E-state index is 4.81. The van der Waals surface area contributed by atoms with E-state index in [9.17, 15) is 0 Å². The molecule has 2 nitrogen and oxygen atoms in total. The summed E-state index contributed by atoms with van der Waals surface area (Å²) in [6, 6.07) is 6.16. The monoisotopic (exact) mass is 147 g/mol. The highest BCUT2D eigenvalue weighted by atomic mass is 16.5. The molecule has 0 saturated carbocycles. The van der Waals surface area contributed by atoms with Crippen LogP contribution in [0.2, 0.25) is 0 Å². The summed E-state index contributed by atoms with van der Waals surface area (Å²) >= 11 is 0. The van der Waals surface area contributed by atoms with Crippen molar-refractivity contribution in [1.82, 2.24) is 5.16 Å². The van der Waals surface area contributed by atoms with Gasteiger partial charge >= 0.3 is 0 Å². The Hall–Kier alpha value is -1.31. The first-order valence-corrected chi connectivity index (χ1v) is 3.73. The van der Waals surface area contributed by atoms with E-state index in [1.165, 1.54) is 5.56 Å². The van der Waals surface area contributed by atoms with E-state index in [1.54, 1.807) is 6.26 Å². The first-order valence-electron chi connectivity index (χ1n) is 3.73. The largest absolute Gasteiger partial charge is 0.364 e. The SMILES string of the molecule is CCc1ccc2nocc2c1. The molecule has 0 N–H and O–H groups in total. The number of rotatable bonds is 1. The zero-order valence-electron chi connectivity index (χ0n) is 6.37. The number of fused-ring (bicyclic) bond motifs is 1. The number of nitrogens with zero attached hydrogens (tertiary/aromatic N) is 1. The molecule has 0 aliphatic heterocycles. The minimum Gasteiger partial charge on any atom is -0.364 e. The predicted molar refractivity (Wildman–Crippen MR) is 43.4 cm³/mol. The summed E-state index contributed by atoms with van der Waals surface area (Å²) in [4.78, 5) is 0. The normalized spacial score (nSPS) is 10.6. The maximum absolute atomic E-state index is 4.81. The Morgan fingerprint density at radius 1 is 1.45 bits per heavy atom. The Morgan fingerprint density at radius 2 is 2.36 bits per heavy atom. The second-order valence-electron chi connectivity index (χ2n) is 2.56. The van der Waals surface area contributed by atoms with Crippen LogP contribution in [0.15, 0.2) is 29.0 Å². The van der Waals surface area contributed by atoms with Crippen LogP contribution in [0, 0.1) is 0 Å². The Balaban J connectivity index is 2.67. The van der Waals surface area contributed by atoms with E-state index in [4.69, 9.17) is 4.52 Å². The molecule has 1 aromatic heterocycles. The van der Waals surface area contributed by atoms with Gasteiger partial charge < -0.3 is 4.52 Å². The highest BCUT2D eigenvalue weighted by Gasteiger charge is 1.96. The van der Waals surface area contributed by atoms with E-state index in [0.29, 0.717) is 0 Å². The molecule has 2 aromatic rings. The molecule has 0 saturated heterocycles. The lowest BCUT2D eigenvalue weighted by Crippen LogP contribution is -1.77. The van der Waals surface area contributed by atoms with Gasteiger partial charge in [0.05, 0.1) is 0 Å². The topological polar surface area (TPSA) is 26.0 Å². The van der Waals surface area contributed by atoms with Gasteiger partial charge in [-0.3, -0.25) is 0 Å². The summed E-state index contributed by atoms with van der Waals surface area (Å²) in [5.41, 5.74) is 2.25. The molecule has 1 heterocycles. The lowest BCUT2D eigenvalue weighted by molar-refractivity contribution is 0.428.